The Morgan fingerprint density at radius 3 is 2.10 bits per heavy atom. The number of hydrogen-bond acceptors (Lipinski definition) is 5. The number of carbonyl (C=O) groups excluding carboxylic acids is 1. The summed E-state index contributed by atoms with van der Waals surface area (Å²) in [5.74, 6) is 0.870. The van der Waals surface area contributed by atoms with Gasteiger partial charge in [0.1, 0.15) is 5.75 Å². The van der Waals surface area contributed by atoms with E-state index >= 15 is 0 Å². The lowest BCUT2D eigenvalue weighted by Crippen LogP contribution is -2.35. The van der Waals surface area contributed by atoms with Crippen LogP contribution in [0.1, 0.15) is 17.3 Å². The number of ether oxygens (including phenoxy) is 3. The van der Waals surface area contributed by atoms with Gasteiger partial charge in [-0.05, 0) is 31.2 Å². The Balaban J connectivity index is 2.58. The quantitative estimate of drug-likeness (QED) is 0.583. The van der Waals surface area contributed by atoms with Crippen LogP contribution < -0.4 is 4.74 Å². The number of rotatable bonds is 11. The van der Waals surface area contributed by atoms with Crippen LogP contribution in [0, 0.1) is 0 Å². The first-order chi connectivity index (χ1) is 10.2. The van der Waals surface area contributed by atoms with E-state index in [0.717, 1.165) is 5.75 Å². The number of nitrogens with zero attached hydrogens (tertiary/aromatic N) is 1. The molecule has 0 bridgehead atoms. The number of hydrogen-bond donors (Lipinski definition) is 0. The maximum absolute atomic E-state index is 12.3. The molecule has 0 unspecified atom stereocenters. The van der Waals surface area contributed by atoms with Crippen LogP contribution in [0.15, 0.2) is 24.3 Å². The molecule has 0 heterocycles. The first-order valence-corrected chi connectivity index (χ1v) is 7.17. The van der Waals surface area contributed by atoms with Crippen molar-refractivity contribution in [2.24, 2.45) is 0 Å². The highest BCUT2D eigenvalue weighted by atomic mass is 16.5. The molecule has 0 saturated heterocycles. The van der Waals surface area contributed by atoms with Crippen molar-refractivity contribution in [1.82, 2.24) is 4.90 Å². The summed E-state index contributed by atoms with van der Waals surface area (Å²) < 4.78 is 15.5. The number of ketones is 1. The fourth-order valence-electron chi connectivity index (χ4n) is 1.91. The summed E-state index contributed by atoms with van der Waals surface area (Å²) in [4.78, 5) is 14.3. The fraction of sp³-hybridized carbons (Fsp3) is 0.562. The molecule has 0 fully saturated rings. The molecule has 0 atom stereocenters. The van der Waals surface area contributed by atoms with Gasteiger partial charge in [0.2, 0.25) is 0 Å². The molecule has 0 amide bonds. The Bertz CT molecular complexity index is 397. The SMILES string of the molecule is CCOc1ccc(C(=O)CN(CCOC)CCOC)cc1. The summed E-state index contributed by atoms with van der Waals surface area (Å²) in [6, 6.07) is 7.26. The molecule has 0 aromatic heterocycles. The van der Waals surface area contributed by atoms with E-state index in [4.69, 9.17) is 14.2 Å². The second-order valence-electron chi connectivity index (χ2n) is 4.64. The Hall–Kier alpha value is -1.43. The van der Waals surface area contributed by atoms with Gasteiger partial charge >= 0.3 is 0 Å². The monoisotopic (exact) mass is 295 g/mol. The van der Waals surface area contributed by atoms with E-state index in [1.807, 2.05) is 24.0 Å². The summed E-state index contributed by atoms with van der Waals surface area (Å²) in [5, 5.41) is 0. The summed E-state index contributed by atoms with van der Waals surface area (Å²) in [6.07, 6.45) is 0. The molecule has 0 aliphatic rings. The molecular formula is C16H25NO4. The standard InChI is InChI=1S/C16H25NO4/c1-4-21-15-7-5-14(6-8-15)16(18)13-17(9-11-19-2)10-12-20-3/h5-8H,4,9-13H2,1-3H3. The van der Waals surface area contributed by atoms with Crippen molar-refractivity contribution in [3.05, 3.63) is 29.8 Å². The number of carbonyl (C=O) groups is 1. The van der Waals surface area contributed by atoms with Gasteiger partial charge in [-0.1, -0.05) is 0 Å². The van der Waals surface area contributed by atoms with E-state index in [1.54, 1.807) is 26.4 Å². The lowest BCUT2D eigenvalue weighted by molar-refractivity contribution is 0.0837. The van der Waals surface area contributed by atoms with E-state index < -0.39 is 0 Å². The van der Waals surface area contributed by atoms with E-state index in [0.29, 0.717) is 45.0 Å². The molecule has 1 rings (SSSR count). The normalized spacial score (nSPS) is 10.9. The highest BCUT2D eigenvalue weighted by Crippen LogP contribution is 2.12. The predicted molar refractivity (Wildman–Crippen MR) is 82.1 cm³/mol. The molecule has 5 heteroatoms. The highest BCUT2D eigenvalue weighted by Gasteiger charge is 2.12. The first kappa shape index (κ1) is 17.6. The van der Waals surface area contributed by atoms with Crippen molar-refractivity contribution in [2.45, 2.75) is 6.92 Å². The third kappa shape index (κ3) is 6.71. The van der Waals surface area contributed by atoms with Gasteiger partial charge in [0.05, 0.1) is 26.4 Å². The largest absolute Gasteiger partial charge is 0.494 e. The van der Waals surface area contributed by atoms with Crippen LogP contribution in [0.25, 0.3) is 0 Å². The number of benzene rings is 1. The Morgan fingerprint density at radius 1 is 1.05 bits per heavy atom. The molecule has 0 aliphatic heterocycles. The third-order valence-electron chi connectivity index (χ3n) is 3.08. The second-order valence-corrected chi connectivity index (χ2v) is 4.64. The van der Waals surface area contributed by atoms with Crippen LogP contribution in [0.4, 0.5) is 0 Å². The van der Waals surface area contributed by atoms with Gasteiger partial charge in [0.15, 0.2) is 5.78 Å². The lowest BCUT2D eigenvalue weighted by Gasteiger charge is -2.20. The first-order valence-electron chi connectivity index (χ1n) is 7.17. The number of Topliss-reactive ketones (excluding diaryl/α,β-unsaturated/α-hetero) is 1. The zero-order valence-electron chi connectivity index (χ0n) is 13.1. The van der Waals surface area contributed by atoms with Crippen LogP contribution in [-0.2, 0) is 9.47 Å². The molecule has 0 spiro atoms. The van der Waals surface area contributed by atoms with E-state index in [-0.39, 0.29) is 5.78 Å². The topological polar surface area (TPSA) is 48.0 Å². The zero-order chi connectivity index (χ0) is 15.5. The molecule has 118 valence electrons. The van der Waals surface area contributed by atoms with Gasteiger partial charge in [-0.25, -0.2) is 0 Å². The Morgan fingerprint density at radius 2 is 1.62 bits per heavy atom. The summed E-state index contributed by atoms with van der Waals surface area (Å²) in [6.45, 7) is 5.53. The van der Waals surface area contributed by atoms with Gasteiger partial charge in [-0.15, -0.1) is 0 Å². The molecule has 0 N–H and O–H groups in total. The minimum atomic E-state index is 0.0882. The third-order valence-corrected chi connectivity index (χ3v) is 3.08. The van der Waals surface area contributed by atoms with Crippen molar-refractivity contribution in [1.29, 1.82) is 0 Å². The summed E-state index contributed by atoms with van der Waals surface area (Å²) in [7, 11) is 3.31. The maximum Gasteiger partial charge on any atom is 0.176 e. The molecule has 0 saturated carbocycles. The van der Waals surface area contributed by atoms with Gasteiger partial charge in [0.25, 0.3) is 0 Å². The smallest absolute Gasteiger partial charge is 0.176 e. The summed E-state index contributed by atoms with van der Waals surface area (Å²) >= 11 is 0. The van der Waals surface area contributed by atoms with Crippen LogP contribution in [0.5, 0.6) is 5.75 Å². The fourth-order valence-corrected chi connectivity index (χ4v) is 1.91. The summed E-state index contributed by atoms with van der Waals surface area (Å²) in [5.41, 5.74) is 0.693. The molecule has 0 aliphatic carbocycles. The molecule has 0 radical (unpaired) electrons. The second kappa shape index (κ2) is 10.3. The van der Waals surface area contributed by atoms with E-state index in [1.165, 1.54) is 0 Å². The number of methoxy groups -OCH3 is 2. The van der Waals surface area contributed by atoms with Gasteiger partial charge in [-0.3, -0.25) is 9.69 Å². The van der Waals surface area contributed by atoms with Crippen molar-refractivity contribution in [3.8, 4) is 5.75 Å². The van der Waals surface area contributed by atoms with Gasteiger partial charge < -0.3 is 14.2 Å². The van der Waals surface area contributed by atoms with Crippen LogP contribution in [-0.4, -0.2) is 64.4 Å². The maximum atomic E-state index is 12.3. The molecule has 1 aromatic carbocycles. The van der Waals surface area contributed by atoms with Crippen LogP contribution in [0.3, 0.4) is 0 Å². The molecule has 21 heavy (non-hydrogen) atoms. The molecule has 5 nitrogen and oxygen atoms in total. The van der Waals surface area contributed by atoms with E-state index in [9.17, 15) is 4.79 Å². The Labute approximate surface area is 126 Å². The molecular weight excluding hydrogens is 270 g/mol. The average molecular weight is 295 g/mol. The lowest BCUT2D eigenvalue weighted by atomic mass is 10.1. The van der Waals surface area contributed by atoms with Gasteiger partial charge in [0, 0.05) is 32.9 Å². The van der Waals surface area contributed by atoms with Gasteiger partial charge in [-0.2, -0.15) is 0 Å². The van der Waals surface area contributed by atoms with Crippen molar-refractivity contribution < 1.29 is 19.0 Å². The zero-order valence-corrected chi connectivity index (χ0v) is 13.1. The van der Waals surface area contributed by atoms with Crippen molar-refractivity contribution >= 4 is 5.78 Å². The molecule has 1 aromatic rings. The minimum absolute atomic E-state index is 0.0882. The highest BCUT2D eigenvalue weighted by molar-refractivity contribution is 5.97. The predicted octanol–water partition coefficient (Wildman–Crippen LogP) is 1.86. The minimum Gasteiger partial charge on any atom is -0.494 e. The van der Waals surface area contributed by atoms with Crippen LogP contribution >= 0.6 is 0 Å². The van der Waals surface area contributed by atoms with Crippen LogP contribution in [0.2, 0.25) is 0 Å². The average Bonchev–Trinajstić information content (AvgIpc) is 2.51. The Kier molecular flexibility index (Phi) is 8.66. The van der Waals surface area contributed by atoms with Crippen molar-refractivity contribution in [3.63, 3.8) is 0 Å². The van der Waals surface area contributed by atoms with E-state index in [2.05, 4.69) is 0 Å². The van der Waals surface area contributed by atoms with Crippen molar-refractivity contribution in [2.75, 3.05) is 53.7 Å².